The monoisotopic (exact) mass is 275 g/mol. The Morgan fingerprint density at radius 2 is 1.65 bits per heavy atom. The van der Waals surface area contributed by atoms with Gasteiger partial charge in [0.1, 0.15) is 0 Å². The van der Waals surface area contributed by atoms with Crippen LogP contribution >= 0.6 is 0 Å². The van der Waals surface area contributed by atoms with E-state index in [1.54, 1.807) is 0 Å². The Bertz CT molecular complexity index is 340. The van der Waals surface area contributed by atoms with Crippen LogP contribution in [0.2, 0.25) is 0 Å². The predicted molar refractivity (Wildman–Crippen MR) is 93.1 cm³/mol. The maximum atomic E-state index is 2.55. The Balaban J connectivity index is 0.000000829. The van der Waals surface area contributed by atoms with Crippen molar-refractivity contribution in [3.63, 3.8) is 0 Å². The smallest absolute Gasteiger partial charge is 0.0169 e. The summed E-state index contributed by atoms with van der Waals surface area (Å²) in [6.07, 6.45) is 6.22. The van der Waals surface area contributed by atoms with Gasteiger partial charge in [-0.2, -0.15) is 0 Å². The van der Waals surface area contributed by atoms with Crippen molar-refractivity contribution < 1.29 is 0 Å². The number of nitrogens with zero attached hydrogens (tertiary/aromatic N) is 1. The Hall–Kier alpha value is -1.08. The quantitative estimate of drug-likeness (QED) is 0.688. The zero-order valence-electron chi connectivity index (χ0n) is 14.2. The predicted octanol–water partition coefficient (Wildman–Crippen LogP) is 5.63. The van der Waals surface area contributed by atoms with Crippen LogP contribution in [0, 0.1) is 0 Å². The second kappa shape index (κ2) is 12.9. The normalized spacial score (nSPS) is 14.3. The van der Waals surface area contributed by atoms with E-state index in [9.17, 15) is 0 Å². The van der Waals surface area contributed by atoms with Gasteiger partial charge in [-0.3, -0.25) is 4.90 Å². The molecule has 0 radical (unpaired) electrons. The maximum Gasteiger partial charge on any atom is 0.0169 e. The Morgan fingerprint density at radius 1 is 1.00 bits per heavy atom. The highest BCUT2D eigenvalue weighted by Gasteiger charge is 2.11. The van der Waals surface area contributed by atoms with Crippen LogP contribution in [0.4, 0.5) is 0 Å². The highest BCUT2D eigenvalue weighted by molar-refractivity contribution is 5.66. The van der Waals surface area contributed by atoms with Crippen molar-refractivity contribution in [2.75, 3.05) is 19.6 Å². The molecule has 0 fully saturated rings. The molecule has 0 saturated carbocycles. The summed E-state index contributed by atoms with van der Waals surface area (Å²) < 4.78 is 0. The molecule has 1 aromatic carbocycles. The summed E-state index contributed by atoms with van der Waals surface area (Å²) in [5.41, 5.74) is 2.92. The third kappa shape index (κ3) is 6.91. The minimum Gasteiger partial charge on any atom is -0.299 e. The third-order valence-electron chi connectivity index (χ3n) is 3.27. The molecule has 0 spiro atoms. The summed E-state index contributed by atoms with van der Waals surface area (Å²) in [4.78, 5) is 2.55. The lowest BCUT2D eigenvalue weighted by Gasteiger charge is -2.26. The van der Waals surface area contributed by atoms with Gasteiger partial charge in [-0.15, -0.1) is 0 Å². The molecule has 1 heterocycles. The van der Waals surface area contributed by atoms with Crippen molar-refractivity contribution in [2.24, 2.45) is 0 Å². The SMILES string of the molecule is CC.CC.CCCCN1CC=C(c2ccccc2)CC1. The maximum absolute atomic E-state index is 2.55. The molecule has 1 aliphatic rings. The van der Waals surface area contributed by atoms with Crippen molar-refractivity contribution >= 4 is 5.57 Å². The van der Waals surface area contributed by atoms with Crippen molar-refractivity contribution in [1.82, 2.24) is 4.90 Å². The molecule has 1 aliphatic heterocycles. The Kier molecular flexibility index (Phi) is 12.2. The van der Waals surface area contributed by atoms with Gasteiger partial charge in [-0.1, -0.05) is 77.4 Å². The van der Waals surface area contributed by atoms with Gasteiger partial charge in [0.2, 0.25) is 0 Å². The summed E-state index contributed by atoms with van der Waals surface area (Å²) in [5.74, 6) is 0. The minimum absolute atomic E-state index is 1.13. The first kappa shape index (κ1) is 18.9. The number of unbranched alkanes of at least 4 members (excludes halogenated alkanes) is 1. The Morgan fingerprint density at radius 3 is 2.15 bits per heavy atom. The fraction of sp³-hybridized carbons (Fsp3) is 0.579. The lowest BCUT2D eigenvalue weighted by Crippen LogP contribution is -2.29. The third-order valence-corrected chi connectivity index (χ3v) is 3.27. The van der Waals surface area contributed by atoms with Crippen LogP contribution in [0.5, 0.6) is 0 Å². The van der Waals surface area contributed by atoms with Crippen molar-refractivity contribution in [3.8, 4) is 0 Å². The molecule has 0 aromatic heterocycles. The lowest BCUT2D eigenvalue weighted by atomic mass is 9.99. The fourth-order valence-electron chi connectivity index (χ4n) is 2.21. The lowest BCUT2D eigenvalue weighted by molar-refractivity contribution is 0.297. The topological polar surface area (TPSA) is 3.24 Å². The van der Waals surface area contributed by atoms with E-state index in [0.29, 0.717) is 0 Å². The van der Waals surface area contributed by atoms with Crippen molar-refractivity contribution in [3.05, 3.63) is 42.0 Å². The molecule has 0 N–H and O–H groups in total. The summed E-state index contributed by atoms with van der Waals surface area (Å²) in [7, 11) is 0. The molecule has 1 nitrogen and oxygen atoms in total. The van der Waals surface area contributed by atoms with Crippen LogP contribution in [0.1, 0.15) is 59.4 Å². The highest BCUT2D eigenvalue weighted by atomic mass is 15.1. The van der Waals surface area contributed by atoms with Crippen LogP contribution in [-0.4, -0.2) is 24.5 Å². The van der Waals surface area contributed by atoms with Gasteiger partial charge >= 0.3 is 0 Å². The van der Waals surface area contributed by atoms with E-state index in [1.165, 1.54) is 43.5 Å². The van der Waals surface area contributed by atoms with Gasteiger partial charge in [-0.05, 0) is 30.5 Å². The van der Waals surface area contributed by atoms with E-state index in [2.05, 4.69) is 48.2 Å². The number of hydrogen-bond donors (Lipinski definition) is 0. The number of benzene rings is 1. The van der Waals surface area contributed by atoms with Crippen LogP contribution in [0.15, 0.2) is 36.4 Å². The molecular weight excluding hydrogens is 242 g/mol. The molecule has 0 aliphatic carbocycles. The number of hydrogen-bond acceptors (Lipinski definition) is 1. The van der Waals surface area contributed by atoms with E-state index in [1.807, 2.05) is 27.7 Å². The first-order chi connectivity index (χ1) is 9.90. The van der Waals surface area contributed by atoms with Gasteiger partial charge in [-0.25, -0.2) is 0 Å². The first-order valence-electron chi connectivity index (χ1n) is 8.37. The fourth-order valence-corrected chi connectivity index (χ4v) is 2.21. The molecule has 0 bridgehead atoms. The van der Waals surface area contributed by atoms with E-state index < -0.39 is 0 Å². The van der Waals surface area contributed by atoms with Crippen LogP contribution < -0.4 is 0 Å². The van der Waals surface area contributed by atoms with Gasteiger partial charge in [0.15, 0.2) is 0 Å². The first-order valence-corrected chi connectivity index (χ1v) is 8.37. The average Bonchev–Trinajstić information content (AvgIpc) is 2.58. The van der Waals surface area contributed by atoms with E-state index in [4.69, 9.17) is 0 Å². The standard InChI is InChI=1S/C15H21N.2C2H6/c1-2-3-11-16-12-9-15(10-13-16)14-7-5-4-6-8-14;2*1-2/h4-9H,2-3,10-13H2,1H3;2*1-2H3. The molecule has 0 atom stereocenters. The summed E-state index contributed by atoms with van der Waals surface area (Å²) in [6.45, 7) is 13.9. The largest absolute Gasteiger partial charge is 0.299 e. The number of rotatable bonds is 4. The van der Waals surface area contributed by atoms with Crippen LogP contribution in [-0.2, 0) is 0 Å². The molecule has 0 unspecified atom stereocenters. The van der Waals surface area contributed by atoms with Gasteiger partial charge in [0, 0.05) is 13.1 Å². The molecule has 20 heavy (non-hydrogen) atoms. The zero-order chi connectivity index (χ0) is 15.2. The van der Waals surface area contributed by atoms with Crippen molar-refractivity contribution in [2.45, 2.75) is 53.9 Å². The molecule has 0 saturated heterocycles. The summed E-state index contributed by atoms with van der Waals surface area (Å²) in [5, 5.41) is 0. The second-order valence-corrected chi connectivity index (χ2v) is 4.50. The van der Waals surface area contributed by atoms with E-state index >= 15 is 0 Å². The zero-order valence-corrected chi connectivity index (χ0v) is 14.2. The van der Waals surface area contributed by atoms with Gasteiger partial charge < -0.3 is 0 Å². The Labute approximate surface area is 126 Å². The molecule has 0 amide bonds. The van der Waals surface area contributed by atoms with Crippen molar-refractivity contribution in [1.29, 1.82) is 0 Å². The van der Waals surface area contributed by atoms with Crippen LogP contribution in [0.25, 0.3) is 5.57 Å². The molecular formula is C19H33N. The van der Waals surface area contributed by atoms with Gasteiger partial charge in [0.05, 0.1) is 0 Å². The van der Waals surface area contributed by atoms with E-state index in [-0.39, 0.29) is 0 Å². The average molecular weight is 275 g/mol. The van der Waals surface area contributed by atoms with Crippen LogP contribution in [0.3, 0.4) is 0 Å². The van der Waals surface area contributed by atoms with E-state index in [0.717, 1.165) is 6.54 Å². The molecule has 114 valence electrons. The second-order valence-electron chi connectivity index (χ2n) is 4.50. The molecule has 1 aromatic rings. The summed E-state index contributed by atoms with van der Waals surface area (Å²) in [6, 6.07) is 10.8. The highest BCUT2D eigenvalue weighted by Crippen LogP contribution is 2.21. The molecule has 1 heteroatoms. The molecule has 2 rings (SSSR count). The van der Waals surface area contributed by atoms with Gasteiger partial charge in [0.25, 0.3) is 0 Å². The summed E-state index contributed by atoms with van der Waals surface area (Å²) >= 11 is 0. The minimum atomic E-state index is 1.13.